The lowest BCUT2D eigenvalue weighted by Crippen LogP contribution is -2.47. The molecule has 1 N–H and O–H groups in total. The summed E-state index contributed by atoms with van der Waals surface area (Å²) in [5.74, 6) is 0. The molecule has 0 bridgehead atoms. The summed E-state index contributed by atoms with van der Waals surface area (Å²) in [7, 11) is 0. The molecule has 17 heavy (non-hydrogen) atoms. The molecule has 1 aliphatic rings. The van der Waals surface area contributed by atoms with Crippen molar-refractivity contribution in [3.63, 3.8) is 0 Å². The first-order valence-corrected chi connectivity index (χ1v) is 6.27. The molecule has 0 unspecified atom stereocenters. The fraction of sp³-hybridized carbons (Fsp3) is 0.615. The van der Waals surface area contributed by atoms with E-state index in [0.717, 1.165) is 45.0 Å². The lowest BCUT2D eigenvalue weighted by molar-refractivity contribution is 0.0776. The molecule has 94 valence electrons. The molecule has 4 heteroatoms. The Bertz CT molecular complexity index is 321. The van der Waals surface area contributed by atoms with Gasteiger partial charge in [-0.05, 0) is 19.1 Å². The van der Waals surface area contributed by atoms with Crippen LogP contribution in [-0.2, 0) is 6.54 Å². The standard InChI is InChI=1S/C13H21N3O/c1-12(17)10-15-6-8-16(9-7-15)11-13-4-2-3-5-14-13/h2-5,12,17H,6-11H2,1H3/t12-/m0/s1. The first-order valence-electron chi connectivity index (χ1n) is 6.27. The van der Waals surface area contributed by atoms with Crippen LogP contribution in [0.15, 0.2) is 24.4 Å². The molecule has 1 atom stereocenters. The summed E-state index contributed by atoms with van der Waals surface area (Å²) in [4.78, 5) is 9.08. The van der Waals surface area contributed by atoms with Gasteiger partial charge in [0.15, 0.2) is 0 Å². The topological polar surface area (TPSA) is 39.6 Å². The SMILES string of the molecule is C[C@H](O)CN1CCN(Cc2ccccn2)CC1. The van der Waals surface area contributed by atoms with Crippen molar-refractivity contribution >= 4 is 0 Å². The van der Waals surface area contributed by atoms with E-state index < -0.39 is 0 Å². The second-order valence-corrected chi connectivity index (χ2v) is 4.75. The van der Waals surface area contributed by atoms with Crippen LogP contribution in [0, 0.1) is 0 Å². The third kappa shape index (κ3) is 4.07. The van der Waals surface area contributed by atoms with Crippen LogP contribution >= 0.6 is 0 Å². The van der Waals surface area contributed by atoms with E-state index in [2.05, 4.69) is 20.9 Å². The minimum atomic E-state index is -0.225. The number of aromatic nitrogens is 1. The van der Waals surface area contributed by atoms with Gasteiger partial charge in [0, 0.05) is 45.5 Å². The summed E-state index contributed by atoms with van der Waals surface area (Å²) in [5.41, 5.74) is 1.14. The zero-order valence-electron chi connectivity index (χ0n) is 10.4. The molecule has 0 spiro atoms. The predicted molar refractivity (Wildman–Crippen MR) is 67.6 cm³/mol. The Hall–Kier alpha value is -0.970. The lowest BCUT2D eigenvalue weighted by Gasteiger charge is -2.35. The molecule has 2 rings (SSSR count). The lowest BCUT2D eigenvalue weighted by atomic mass is 10.2. The predicted octanol–water partition coefficient (Wildman–Crippen LogP) is 0.580. The first kappa shape index (κ1) is 12.5. The van der Waals surface area contributed by atoms with E-state index in [-0.39, 0.29) is 6.10 Å². The minimum absolute atomic E-state index is 0.225. The molecule has 0 aromatic carbocycles. The van der Waals surface area contributed by atoms with E-state index in [1.807, 2.05) is 25.3 Å². The molecular weight excluding hydrogens is 214 g/mol. The van der Waals surface area contributed by atoms with Crippen LogP contribution in [0.2, 0.25) is 0 Å². The Morgan fingerprint density at radius 2 is 1.94 bits per heavy atom. The maximum atomic E-state index is 9.34. The van der Waals surface area contributed by atoms with Crippen molar-refractivity contribution in [1.29, 1.82) is 0 Å². The number of hydrogen-bond acceptors (Lipinski definition) is 4. The third-order valence-corrected chi connectivity index (χ3v) is 3.10. The summed E-state index contributed by atoms with van der Waals surface area (Å²) in [6, 6.07) is 6.05. The van der Waals surface area contributed by atoms with Crippen molar-refractivity contribution in [3.8, 4) is 0 Å². The van der Waals surface area contributed by atoms with E-state index in [9.17, 15) is 5.11 Å². The van der Waals surface area contributed by atoms with Crippen molar-refractivity contribution in [2.24, 2.45) is 0 Å². The smallest absolute Gasteiger partial charge is 0.0639 e. The van der Waals surface area contributed by atoms with Crippen molar-refractivity contribution in [1.82, 2.24) is 14.8 Å². The fourth-order valence-corrected chi connectivity index (χ4v) is 2.22. The number of nitrogens with zero attached hydrogens (tertiary/aromatic N) is 3. The largest absolute Gasteiger partial charge is 0.392 e. The molecule has 1 aromatic heterocycles. The van der Waals surface area contributed by atoms with E-state index in [1.165, 1.54) is 0 Å². The highest BCUT2D eigenvalue weighted by atomic mass is 16.3. The monoisotopic (exact) mass is 235 g/mol. The zero-order chi connectivity index (χ0) is 12.1. The minimum Gasteiger partial charge on any atom is -0.392 e. The summed E-state index contributed by atoms with van der Waals surface area (Å²) >= 11 is 0. The number of aliphatic hydroxyl groups is 1. The van der Waals surface area contributed by atoms with Gasteiger partial charge < -0.3 is 5.11 Å². The second kappa shape index (κ2) is 6.10. The molecule has 1 aromatic rings. The van der Waals surface area contributed by atoms with Gasteiger partial charge in [0.2, 0.25) is 0 Å². The molecule has 0 saturated carbocycles. The van der Waals surface area contributed by atoms with Crippen molar-refractivity contribution < 1.29 is 5.11 Å². The number of pyridine rings is 1. The van der Waals surface area contributed by atoms with Crippen molar-refractivity contribution in [2.45, 2.75) is 19.6 Å². The average molecular weight is 235 g/mol. The Balaban J connectivity index is 1.76. The molecule has 4 nitrogen and oxygen atoms in total. The quantitative estimate of drug-likeness (QED) is 0.828. The van der Waals surface area contributed by atoms with E-state index in [4.69, 9.17) is 0 Å². The van der Waals surface area contributed by atoms with E-state index in [1.54, 1.807) is 0 Å². The molecule has 1 fully saturated rings. The zero-order valence-corrected chi connectivity index (χ0v) is 10.4. The van der Waals surface area contributed by atoms with Gasteiger partial charge in [-0.25, -0.2) is 0 Å². The number of aliphatic hydroxyl groups excluding tert-OH is 1. The molecular formula is C13H21N3O. The summed E-state index contributed by atoms with van der Waals surface area (Å²) in [5, 5.41) is 9.34. The van der Waals surface area contributed by atoms with Gasteiger partial charge in [-0.1, -0.05) is 6.07 Å². The molecule has 1 saturated heterocycles. The highest BCUT2D eigenvalue weighted by molar-refractivity contribution is 5.03. The maximum Gasteiger partial charge on any atom is 0.0639 e. The van der Waals surface area contributed by atoms with Gasteiger partial charge in [-0.3, -0.25) is 14.8 Å². The average Bonchev–Trinajstić information content (AvgIpc) is 2.32. The van der Waals surface area contributed by atoms with Crippen LogP contribution in [0.3, 0.4) is 0 Å². The van der Waals surface area contributed by atoms with Gasteiger partial charge in [-0.2, -0.15) is 0 Å². The van der Waals surface area contributed by atoms with Crippen molar-refractivity contribution in [2.75, 3.05) is 32.7 Å². The van der Waals surface area contributed by atoms with Gasteiger partial charge in [0.1, 0.15) is 0 Å². The van der Waals surface area contributed by atoms with Gasteiger partial charge >= 0.3 is 0 Å². The van der Waals surface area contributed by atoms with Gasteiger partial charge in [-0.15, -0.1) is 0 Å². The second-order valence-electron chi connectivity index (χ2n) is 4.75. The van der Waals surface area contributed by atoms with Crippen LogP contribution in [0.25, 0.3) is 0 Å². The molecule has 2 heterocycles. The van der Waals surface area contributed by atoms with Gasteiger partial charge in [0.05, 0.1) is 11.8 Å². The fourth-order valence-electron chi connectivity index (χ4n) is 2.22. The number of piperazine rings is 1. The Labute approximate surface area is 103 Å². The highest BCUT2D eigenvalue weighted by Crippen LogP contribution is 2.06. The molecule has 0 amide bonds. The highest BCUT2D eigenvalue weighted by Gasteiger charge is 2.17. The number of hydrogen-bond donors (Lipinski definition) is 1. The molecule has 0 radical (unpaired) electrons. The number of β-amino-alcohol motifs (C(OH)–C–C–N with tert-alkyl or cyclic N) is 1. The van der Waals surface area contributed by atoms with Crippen LogP contribution in [0.4, 0.5) is 0 Å². The Morgan fingerprint density at radius 1 is 1.24 bits per heavy atom. The normalized spacial score (nSPS) is 20.4. The maximum absolute atomic E-state index is 9.34. The van der Waals surface area contributed by atoms with Crippen molar-refractivity contribution in [3.05, 3.63) is 30.1 Å². The van der Waals surface area contributed by atoms with E-state index >= 15 is 0 Å². The van der Waals surface area contributed by atoms with Gasteiger partial charge in [0.25, 0.3) is 0 Å². The molecule has 0 aliphatic carbocycles. The van der Waals surface area contributed by atoms with E-state index in [0.29, 0.717) is 0 Å². The summed E-state index contributed by atoms with van der Waals surface area (Å²) in [6.07, 6.45) is 1.62. The third-order valence-electron chi connectivity index (χ3n) is 3.10. The molecule has 1 aliphatic heterocycles. The van der Waals surface area contributed by atoms with Crippen LogP contribution < -0.4 is 0 Å². The Morgan fingerprint density at radius 3 is 2.53 bits per heavy atom. The number of rotatable bonds is 4. The van der Waals surface area contributed by atoms with Crippen LogP contribution in [0.1, 0.15) is 12.6 Å². The first-order chi connectivity index (χ1) is 8.24. The summed E-state index contributed by atoms with van der Waals surface area (Å²) in [6.45, 7) is 7.77. The van der Waals surface area contributed by atoms with Crippen LogP contribution in [0.5, 0.6) is 0 Å². The Kier molecular flexibility index (Phi) is 4.48. The summed E-state index contributed by atoms with van der Waals surface area (Å²) < 4.78 is 0. The van der Waals surface area contributed by atoms with Crippen LogP contribution in [-0.4, -0.2) is 58.7 Å².